The average Bonchev–Trinajstić information content (AvgIpc) is 3.69. The number of carbonyl (C=O) groups is 2. The first kappa shape index (κ1) is 49.4. The maximum Gasteiger partial charge on any atom is 0.177 e. The molecule has 6 rings (SSSR count). The standard InChI is InChI=1S/C53H68N4O8/c1-5-10-44(48(61)28-42-25-41(32-57-42)33(2)30-54-31-34(3)59)40-23-36(21-35-17-19-56-51(24-35)55-18-9-20-58)22-38-13-15-43(37-11-7-6-8-12-37)45-29-49(62)50(65-4)27-39(45)14-16-47(60)53(64)52(63)46(38)26-40/h6-8,11-12,17,19,24-25,27,29,32-34,36,38,40,43-44,46,48,53-54,58-59,61,64H,5,9-10,14,16,18,20-23,26,28,30-31H2,1-4H3,(H-,55,56,62)/p+1. The van der Waals surface area contributed by atoms with E-state index in [2.05, 4.69) is 41.3 Å². The number of aliphatic hydroxyl groups excluding tert-OH is 4. The van der Waals surface area contributed by atoms with Crippen molar-refractivity contribution in [2.24, 2.45) is 40.5 Å². The lowest BCUT2D eigenvalue weighted by Crippen LogP contribution is -2.39. The molecule has 1 aromatic heterocycles. The summed E-state index contributed by atoms with van der Waals surface area (Å²) in [5.74, 6) is 6.05. The third-order valence-electron chi connectivity index (χ3n) is 13.4. The lowest BCUT2D eigenvalue weighted by molar-refractivity contribution is -0.142. The second-order valence-corrected chi connectivity index (χ2v) is 18.5. The number of nitrogens with zero attached hydrogens (tertiary/aromatic N) is 2. The number of aliphatic imine (C=N–C) groups is 1. The van der Waals surface area contributed by atoms with Crippen molar-refractivity contribution in [2.45, 2.75) is 109 Å². The van der Waals surface area contributed by atoms with Crippen molar-refractivity contribution in [1.82, 2.24) is 10.3 Å². The number of hydrogen-bond acceptors (Lipinski definition) is 12. The van der Waals surface area contributed by atoms with Crippen molar-refractivity contribution in [3.63, 3.8) is 0 Å². The molecule has 10 atom stereocenters. The molecule has 2 heterocycles. The number of phenols is 1. The molecule has 12 nitrogen and oxygen atoms in total. The highest BCUT2D eigenvalue weighted by Crippen LogP contribution is 2.45. The molecule has 1 fully saturated rings. The Kier molecular flexibility index (Phi) is 18.2. The number of rotatable bonds is 19. The van der Waals surface area contributed by atoms with Crippen LogP contribution in [0.25, 0.3) is 0 Å². The molecular formula is C53H69N4O8+. The van der Waals surface area contributed by atoms with Gasteiger partial charge in [0.1, 0.15) is 24.0 Å². The van der Waals surface area contributed by atoms with E-state index in [-0.39, 0.29) is 54.6 Å². The van der Waals surface area contributed by atoms with Gasteiger partial charge in [-0.15, -0.1) is 4.99 Å². The minimum atomic E-state index is -1.83. The SMILES string of the molecule is CCCC(C(O)CC1=C[C+](C(C)CNCC(C)O)C=N1)C1CC(Cc2ccnc(NCCCO)c2)CC2C#CC(c3ccccc3)c3cc(O)c(OC)cc3CCC(=O)C(O)C(=O)C2C1. The van der Waals surface area contributed by atoms with Gasteiger partial charge in [-0.2, -0.15) is 0 Å². The van der Waals surface area contributed by atoms with Crippen molar-refractivity contribution in [1.29, 1.82) is 0 Å². The van der Waals surface area contributed by atoms with Gasteiger partial charge in [-0.25, -0.2) is 4.98 Å². The van der Waals surface area contributed by atoms with E-state index in [9.17, 15) is 35.1 Å². The first-order valence-electron chi connectivity index (χ1n) is 23.6. The van der Waals surface area contributed by atoms with Crippen LogP contribution < -0.4 is 15.4 Å². The molecule has 0 amide bonds. The Morgan fingerprint density at radius 1 is 1.00 bits per heavy atom. The molecule has 65 heavy (non-hydrogen) atoms. The van der Waals surface area contributed by atoms with Gasteiger partial charge in [-0.1, -0.05) is 55.5 Å². The average molecular weight is 890 g/mol. The van der Waals surface area contributed by atoms with Gasteiger partial charge in [0, 0.05) is 50.7 Å². The molecule has 10 unspecified atom stereocenters. The van der Waals surface area contributed by atoms with Crippen LogP contribution >= 0.6 is 0 Å². The van der Waals surface area contributed by atoms with Crippen LogP contribution in [0.2, 0.25) is 0 Å². The van der Waals surface area contributed by atoms with Crippen molar-refractivity contribution in [3.05, 3.63) is 101 Å². The summed E-state index contributed by atoms with van der Waals surface area (Å²) in [5, 5.41) is 60.7. The van der Waals surface area contributed by atoms with Gasteiger partial charge in [-0.05, 0) is 123 Å². The number of Topliss-reactive ketones (excluding diaryl/α,β-unsaturated/α-hetero) is 2. The molecule has 2 aromatic carbocycles. The fourth-order valence-electron chi connectivity index (χ4n) is 10.0. The fourth-order valence-corrected chi connectivity index (χ4v) is 10.0. The molecule has 1 saturated carbocycles. The number of pyridine rings is 1. The minimum absolute atomic E-state index is 0.00602. The van der Waals surface area contributed by atoms with Gasteiger partial charge in [0.25, 0.3) is 0 Å². The number of fused-ring (bicyclic) bond motifs is 2. The highest BCUT2D eigenvalue weighted by molar-refractivity contribution is 6.06. The van der Waals surface area contributed by atoms with E-state index in [0.717, 1.165) is 40.3 Å². The minimum Gasteiger partial charge on any atom is -0.504 e. The van der Waals surface area contributed by atoms with Gasteiger partial charge in [-0.3, -0.25) is 9.59 Å². The monoisotopic (exact) mass is 890 g/mol. The number of aromatic hydroxyl groups is 1. The third-order valence-corrected chi connectivity index (χ3v) is 13.4. The zero-order valence-electron chi connectivity index (χ0n) is 38.5. The predicted octanol–water partition coefficient (Wildman–Crippen LogP) is 6.38. The van der Waals surface area contributed by atoms with Crippen molar-refractivity contribution >= 4 is 23.6 Å². The van der Waals surface area contributed by atoms with Crippen LogP contribution in [-0.4, -0.2) is 100.0 Å². The maximum atomic E-state index is 14.8. The normalized spacial score (nSPS) is 24.2. The maximum absolute atomic E-state index is 14.8. The second kappa shape index (κ2) is 23.9. The molecule has 3 aliphatic rings. The van der Waals surface area contributed by atoms with Crippen LogP contribution in [0.4, 0.5) is 5.82 Å². The van der Waals surface area contributed by atoms with Gasteiger partial charge < -0.3 is 40.9 Å². The third kappa shape index (κ3) is 13.3. The summed E-state index contributed by atoms with van der Waals surface area (Å²) in [6.45, 7) is 7.78. The number of aromatic nitrogens is 1. The quantitative estimate of drug-likeness (QED) is 0.0306. The number of aliphatic hydroxyl groups is 4. The van der Waals surface area contributed by atoms with Crippen molar-refractivity contribution in [2.75, 3.05) is 38.7 Å². The Bertz CT molecular complexity index is 2160. The number of allylic oxidation sites excluding steroid dienone is 1. The molecule has 3 aromatic rings. The Balaban J connectivity index is 1.40. The van der Waals surface area contributed by atoms with Crippen molar-refractivity contribution < 1.29 is 39.9 Å². The second-order valence-electron chi connectivity index (χ2n) is 18.5. The molecule has 0 bridgehead atoms. The highest BCUT2D eigenvalue weighted by atomic mass is 16.5. The van der Waals surface area contributed by atoms with Crippen LogP contribution in [-0.2, 0) is 22.4 Å². The van der Waals surface area contributed by atoms with E-state index in [0.29, 0.717) is 70.4 Å². The largest absolute Gasteiger partial charge is 0.504 e. The summed E-state index contributed by atoms with van der Waals surface area (Å²) < 4.78 is 5.47. The van der Waals surface area contributed by atoms with Crippen LogP contribution in [0.15, 0.2) is 77.6 Å². The highest BCUT2D eigenvalue weighted by Gasteiger charge is 2.44. The van der Waals surface area contributed by atoms with Gasteiger partial charge in [0.2, 0.25) is 0 Å². The van der Waals surface area contributed by atoms with Crippen LogP contribution in [0.5, 0.6) is 11.5 Å². The number of aryl methyl sites for hydroxylation is 1. The Hall–Kier alpha value is -5.03. The number of hydrogen-bond donors (Lipinski definition) is 7. The zero-order chi connectivity index (χ0) is 46.5. The number of carbonyl (C=O) groups excluding carboxylic acids is 2. The predicted molar refractivity (Wildman–Crippen MR) is 254 cm³/mol. The molecule has 1 aliphatic heterocycles. The van der Waals surface area contributed by atoms with Gasteiger partial charge >= 0.3 is 0 Å². The van der Waals surface area contributed by atoms with E-state index < -0.39 is 47.6 Å². The molecule has 348 valence electrons. The number of ketones is 2. The van der Waals surface area contributed by atoms with E-state index in [4.69, 9.17) is 9.73 Å². The summed E-state index contributed by atoms with van der Waals surface area (Å²) in [4.78, 5) is 37.9. The van der Waals surface area contributed by atoms with E-state index in [1.807, 2.05) is 54.8 Å². The number of methoxy groups -OCH3 is 1. The molecular weight excluding hydrogens is 821 g/mol. The molecule has 0 spiro atoms. The Morgan fingerprint density at radius 2 is 1.80 bits per heavy atom. The van der Waals surface area contributed by atoms with Gasteiger partial charge in [0.05, 0.1) is 37.6 Å². The van der Waals surface area contributed by atoms with Crippen LogP contribution in [0.3, 0.4) is 0 Å². The fraction of sp³-hybridized carbons (Fsp3) is 0.528. The Morgan fingerprint density at radius 3 is 2.54 bits per heavy atom. The molecule has 0 saturated heterocycles. The van der Waals surface area contributed by atoms with E-state index in [1.54, 1.807) is 25.3 Å². The van der Waals surface area contributed by atoms with Crippen LogP contribution in [0.1, 0.15) is 100 Å². The lowest BCUT2D eigenvalue weighted by Gasteiger charge is -2.33. The first-order valence-corrected chi connectivity index (χ1v) is 23.6. The summed E-state index contributed by atoms with van der Waals surface area (Å²) in [7, 11) is 1.47. The summed E-state index contributed by atoms with van der Waals surface area (Å²) in [5.41, 5.74) is 4.21. The molecule has 7 N–H and O–H groups in total. The molecule has 0 radical (unpaired) electrons. The summed E-state index contributed by atoms with van der Waals surface area (Å²) in [6, 6.07) is 17.2. The zero-order valence-corrected chi connectivity index (χ0v) is 38.5. The van der Waals surface area contributed by atoms with E-state index in [1.165, 1.54) is 7.11 Å². The topological polar surface area (TPSA) is 194 Å². The smallest absolute Gasteiger partial charge is 0.177 e. The number of nitrogens with one attached hydrogen (secondary N) is 2. The number of anilines is 1. The van der Waals surface area contributed by atoms with E-state index >= 15 is 0 Å². The molecule has 2 aliphatic carbocycles. The van der Waals surface area contributed by atoms with Gasteiger partial charge in [0.15, 0.2) is 34.9 Å². The summed E-state index contributed by atoms with van der Waals surface area (Å²) >= 11 is 0. The lowest BCUT2D eigenvalue weighted by atomic mass is 9.73. The van der Waals surface area contributed by atoms with Crippen molar-refractivity contribution in [3.8, 4) is 23.3 Å². The Labute approximate surface area is 385 Å². The number of ether oxygens (including phenoxy) is 1. The number of benzene rings is 2. The first-order chi connectivity index (χ1) is 31.4. The number of phenolic OH excluding ortho intramolecular Hbond substituents is 1. The molecule has 12 heteroatoms. The van der Waals surface area contributed by atoms with Crippen LogP contribution in [0, 0.1) is 53.3 Å². The summed E-state index contributed by atoms with van der Waals surface area (Å²) in [6.07, 6.45) is 7.40.